The van der Waals surface area contributed by atoms with Crippen molar-refractivity contribution >= 4 is 95.6 Å². The summed E-state index contributed by atoms with van der Waals surface area (Å²) < 4.78 is 5.70. The van der Waals surface area contributed by atoms with E-state index in [2.05, 4.69) is 120 Å². The van der Waals surface area contributed by atoms with Crippen LogP contribution in [-0.2, 0) is 6.42 Å². The van der Waals surface area contributed by atoms with Crippen LogP contribution in [0.2, 0.25) is 0 Å². The fraction of sp³-hybridized carbons (Fsp3) is 0.0769. The number of rotatable bonds is 2. The van der Waals surface area contributed by atoms with Gasteiger partial charge in [0.25, 0.3) is 0 Å². The average molecular weight is 640 g/mol. The van der Waals surface area contributed by atoms with Crippen molar-refractivity contribution < 1.29 is 0 Å². The monoisotopic (exact) mass is 634 g/mol. The molecule has 0 aromatic heterocycles. The van der Waals surface area contributed by atoms with Crippen LogP contribution >= 0.6 is 95.6 Å². The molecule has 0 fully saturated rings. The molecule has 2 rings (SSSR count). The molecular weight excluding hydrogens is 636 g/mol. The van der Waals surface area contributed by atoms with Crippen LogP contribution in [0.4, 0.5) is 0 Å². The van der Waals surface area contributed by atoms with Crippen molar-refractivity contribution in [3.63, 3.8) is 0 Å². The van der Waals surface area contributed by atoms with Gasteiger partial charge in [-0.2, -0.15) is 0 Å². The molecule has 0 aliphatic carbocycles. The Morgan fingerprint density at radius 3 is 1.42 bits per heavy atom. The zero-order valence-electron chi connectivity index (χ0n) is 9.13. The van der Waals surface area contributed by atoms with Gasteiger partial charge in [-0.15, -0.1) is 0 Å². The minimum atomic E-state index is 0.791. The fourth-order valence-electron chi connectivity index (χ4n) is 1.57. The van der Waals surface area contributed by atoms with Gasteiger partial charge in [-0.1, -0.05) is 31.9 Å². The van der Waals surface area contributed by atoms with Crippen LogP contribution in [-0.4, -0.2) is 0 Å². The zero-order valence-corrected chi connectivity index (χ0v) is 18.6. The molecule has 2 aromatic carbocycles. The maximum absolute atomic E-state index is 3.59. The van der Waals surface area contributed by atoms with Crippen molar-refractivity contribution in [3.05, 3.63) is 62.2 Å². The molecule has 0 aliphatic rings. The molecule has 0 aliphatic heterocycles. The summed E-state index contributed by atoms with van der Waals surface area (Å²) in [4.78, 5) is 0. The molecular formula is C13H4Br6. The summed E-state index contributed by atoms with van der Waals surface area (Å²) in [5, 5.41) is 0. The maximum atomic E-state index is 3.59. The van der Waals surface area contributed by atoms with Crippen LogP contribution < -0.4 is 0 Å². The summed E-state index contributed by atoms with van der Waals surface area (Å²) in [6, 6.07) is 10.4. The summed E-state index contributed by atoms with van der Waals surface area (Å²) in [6.07, 6.45) is 0.791. The Kier molecular flexibility index (Phi) is 6.19. The molecule has 0 nitrogen and oxygen atoms in total. The molecule has 0 heterocycles. The molecule has 0 saturated carbocycles. The van der Waals surface area contributed by atoms with E-state index in [0.29, 0.717) is 0 Å². The van der Waals surface area contributed by atoms with Crippen molar-refractivity contribution in [3.8, 4) is 0 Å². The first-order chi connectivity index (χ1) is 8.88. The van der Waals surface area contributed by atoms with E-state index in [1.165, 1.54) is 11.1 Å². The molecule has 0 bridgehead atoms. The number of hydrogen-bond donors (Lipinski definition) is 0. The summed E-state index contributed by atoms with van der Waals surface area (Å²) >= 11 is 21.1. The fourth-order valence-corrected chi connectivity index (χ4v) is 4.69. The smallest absolute Gasteiger partial charge is 0.0410 e. The van der Waals surface area contributed by atoms with Crippen LogP contribution in [0.25, 0.3) is 0 Å². The molecule has 0 atom stereocenters. The van der Waals surface area contributed by atoms with Gasteiger partial charge in [0.05, 0.1) is 0 Å². The Morgan fingerprint density at radius 2 is 1.05 bits per heavy atom. The van der Waals surface area contributed by atoms with E-state index in [-0.39, 0.29) is 0 Å². The Labute approximate surface area is 162 Å². The topological polar surface area (TPSA) is 0 Å². The van der Waals surface area contributed by atoms with E-state index >= 15 is 0 Å². The van der Waals surface area contributed by atoms with Gasteiger partial charge in [0, 0.05) is 39.0 Å². The highest BCUT2D eigenvalue weighted by molar-refractivity contribution is 9.13. The first-order valence-corrected chi connectivity index (χ1v) is 9.75. The molecule has 0 spiro atoms. The highest BCUT2D eigenvalue weighted by Crippen LogP contribution is 2.35. The second kappa shape index (κ2) is 7.05. The summed E-state index contributed by atoms with van der Waals surface area (Å²) in [7, 11) is 0. The zero-order chi connectivity index (χ0) is 14.2. The van der Waals surface area contributed by atoms with Gasteiger partial charge in [-0.25, -0.2) is 0 Å². The number of benzene rings is 2. The van der Waals surface area contributed by atoms with Crippen LogP contribution in [0.15, 0.2) is 39.0 Å². The van der Waals surface area contributed by atoms with Crippen molar-refractivity contribution in [1.29, 1.82) is 0 Å². The Morgan fingerprint density at radius 1 is 0.684 bits per heavy atom. The Bertz CT molecular complexity index is 580. The first-order valence-electron chi connectivity index (χ1n) is 5.00. The van der Waals surface area contributed by atoms with Gasteiger partial charge in [0.15, 0.2) is 0 Å². The van der Waals surface area contributed by atoms with Crippen LogP contribution in [0, 0.1) is 12.1 Å². The quantitative estimate of drug-likeness (QED) is 0.300. The van der Waals surface area contributed by atoms with E-state index in [9.17, 15) is 0 Å². The molecule has 2 aromatic rings. The summed E-state index contributed by atoms with van der Waals surface area (Å²) in [5.74, 6) is 0. The highest BCUT2D eigenvalue weighted by atomic mass is 79.9. The Balaban J connectivity index is 2.47. The minimum absolute atomic E-state index is 0.791. The number of halogens is 6. The molecule has 0 unspecified atom stereocenters. The molecule has 2 radical (unpaired) electrons. The molecule has 98 valence electrons. The SMILES string of the molecule is Brc1[c]c(Br)c(Br)c(Cc2cc(Br)[c]c(Br)c2Br)c1. The van der Waals surface area contributed by atoms with E-state index in [1.54, 1.807) is 0 Å². The summed E-state index contributed by atoms with van der Waals surface area (Å²) in [6.45, 7) is 0. The lowest BCUT2D eigenvalue weighted by atomic mass is 10.1. The minimum Gasteiger partial charge on any atom is -0.0501 e. The molecule has 0 N–H and O–H groups in total. The molecule has 0 saturated heterocycles. The van der Waals surface area contributed by atoms with Crippen molar-refractivity contribution in [2.75, 3.05) is 0 Å². The standard InChI is InChI=1S/C13H4Br6/c14-8-2-6(12(18)10(16)4-8)1-7-3-9(15)5-11(17)13(7)19/h2-3H,1H2. The van der Waals surface area contributed by atoms with Crippen LogP contribution in [0.1, 0.15) is 11.1 Å². The van der Waals surface area contributed by atoms with Gasteiger partial charge < -0.3 is 0 Å². The lowest BCUT2D eigenvalue weighted by molar-refractivity contribution is 1.15. The van der Waals surface area contributed by atoms with Crippen LogP contribution in [0.5, 0.6) is 0 Å². The van der Waals surface area contributed by atoms with E-state index in [0.717, 1.165) is 33.3 Å². The third-order valence-electron chi connectivity index (χ3n) is 2.39. The van der Waals surface area contributed by atoms with Gasteiger partial charge in [-0.3, -0.25) is 0 Å². The third kappa shape index (κ3) is 4.16. The van der Waals surface area contributed by atoms with Gasteiger partial charge in [-0.05, 0) is 93.4 Å². The van der Waals surface area contributed by atoms with Crippen molar-refractivity contribution in [2.45, 2.75) is 6.42 Å². The molecule has 19 heavy (non-hydrogen) atoms. The van der Waals surface area contributed by atoms with E-state index in [4.69, 9.17) is 0 Å². The third-order valence-corrected chi connectivity index (χ3v) is 7.31. The predicted octanol–water partition coefficient (Wildman–Crippen LogP) is 7.45. The number of hydrogen-bond acceptors (Lipinski definition) is 0. The average Bonchev–Trinajstić information content (AvgIpc) is 2.31. The van der Waals surface area contributed by atoms with Gasteiger partial charge in [0.2, 0.25) is 0 Å². The van der Waals surface area contributed by atoms with Crippen LogP contribution in [0.3, 0.4) is 0 Å². The summed E-state index contributed by atoms with van der Waals surface area (Å²) in [5.41, 5.74) is 2.34. The second-order valence-electron chi connectivity index (χ2n) is 3.72. The first kappa shape index (κ1) is 16.7. The van der Waals surface area contributed by atoms with Gasteiger partial charge >= 0.3 is 0 Å². The largest absolute Gasteiger partial charge is 0.0501 e. The molecule has 0 amide bonds. The van der Waals surface area contributed by atoms with Gasteiger partial charge in [0.1, 0.15) is 0 Å². The van der Waals surface area contributed by atoms with Crippen molar-refractivity contribution in [1.82, 2.24) is 0 Å². The lowest BCUT2D eigenvalue weighted by Gasteiger charge is -2.10. The van der Waals surface area contributed by atoms with E-state index in [1.807, 2.05) is 0 Å². The molecule has 6 heteroatoms. The van der Waals surface area contributed by atoms with Crippen molar-refractivity contribution in [2.24, 2.45) is 0 Å². The highest BCUT2D eigenvalue weighted by Gasteiger charge is 2.12. The normalized spacial score (nSPS) is 10.8. The lowest BCUT2D eigenvalue weighted by Crippen LogP contribution is -1.93. The maximum Gasteiger partial charge on any atom is 0.0410 e. The Hall–Kier alpha value is 1.32. The second-order valence-corrected chi connectivity index (χ2v) is 8.60. The predicted molar refractivity (Wildman–Crippen MR) is 99.6 cm³/mol. The van der Waals surface area contributed by atoms with E-state index < -0.39 is 0 Å².